The molecule has 9 heterocycles. The summed E-state index contributed by atoms with van der Waals surface area (Å²) in [5, 5.41) is 12.9. The predicted molar refractivity (Wildman–Crippen MR) is 244 cm³/mol. The summed E-state index contributed by atoms with van der Waals surface area (Å²) in [6, 6.07) is 21.6. The van der Waals surface area contributed by atoms with Gasteiger partial charge in [-0.3, -0.25) is 0 Å². The van der Waals surface area contributed by atoms with Gasteiger partial charge in [0.2, 0.25) is 0 Å². The summed E-state index contributed by atoms with van der Waals surface area (Å²) >= 11 is 0. The van der Waals surface area contributed by atoms with Crippen LogP contribution in [0.5, 0.6) is 0 Å². The Balaban J connectivity index is 0.000000116. The van der Waals surface area contributed by atoms with E-state index in [0.29, 0.717) is 23.4 Å². The molecule has 18 heteroatoms. The van der Waals surface area contributed by atoms with E-state index in [1.807, 2.05) is 37.4 Å². The zero-order chi connectivity index (χ0) is 45.8. The van der Waals surface area contributed by atoms with Crippen LogP contribution in [-0.4, -0.2) is 78.4 Å². The van der Waals surface area contributed by atoms with Gasteiger partial charge < -0.3 is 14.7 Å². The molecule has 0 saturated carbocycles. The van der Waals surface area contributed by atoms with Crippen molar-refractivity contribution in [1.82, 2.24) is 58.7 Å². The van der Waals surface area contributed by atoms with E-state index in [2.05, 4.69) is 111 Å². The smallest absolute Gasteiger partial charge is 0.254 e. The molecular weight excluding hydrogens is 844 g/mol. The number of hydrogen-bond donors (Lipinski definition) is 0. The Labute approximate surface area is 378 Å². The van der Waals surface area contributed by atoms with E-state index >= 15 is 0 Å². The first-order chi connectivity index (χ1) is 32.0. The number of benzene rings is 3. The SMILES string of the molecule is Cc1nc2ncnn2c2c1CCN2[C@@H](C)c1ccc(F)c(F)c1.Cc1nc2ncnn2c2c1CCN2[C@@H](C)c1ccc(F)cc1.Cc1nc2ncnn2c2c1CCN2[C@@H](C)c1ccccc1. The first-order valence-electron chi connectivity index (χ1n) is 22.1. The highest BCUT2D eigenvalue weighted by Crippen LogP contribution is 2.39. The maximum atomic E-state index is 13.6. The molecule has 15 nitrogen and oxygen atoms in total. The van der Waals surface area contributed by atoms with E-state index in [1.165, 1.54) is 53.6 Å². The molecule has 12 rings (SSSR count). The molecule has 0 bridgehead atoms. The van der Waals surface area contributed by atoms with Gasteiger partial charge in [-0.2, -0.15) is 43.8 Å². The Morgan fingerprint density at radius 3 is 1.24 bits per heavy atom. The van der Waals surface area contributed by atoms with Crippen LogP contribution in [-0.2, 0) is 19.3 Å². The molecule has 0 unspecified atom stereocenters. The highest BCUT2D eigenvalue weighted by molar-refractivity contribution is 5.62. The van der Waals surface area contributed by atoms with Gasteiger partial charge in [0, 0.05) is 53.4 Å². The fraction of sp³-hybridized carbons (Fsp3) is 0.312. The van der Waals surface area contributed by atoms with Crippen LogP contribution in [0.2, 0.25) is 0 Å². The molecule has 3 aliphatic heterocycles. The van der Waals surface area contributed by atoms with Gasteiger partial charge in [0.25, 0.3) is 17.3 Å². The van der Waals surface area contributed by atoms with Crippen molar-refractivity contribution in [2.75, 3.05) is 34.3 Å². The van der Waals surface area contributed by atoms with E-state index in [1.54, 1.807) is 21.4 Å². The first kappa shape index (κ1) is 42.5. The molecule has 0 fully saturated rings. The standard InChI is InChI=1S/C16H15F2N5.C16H16FN5.C16H17N5/c1-9-12-5-6-22(15(12)23-16(21-9)19-8-20-23)10(2)11-3-4-13(17)14(18)7-11;1-10-14-7-8-21(11(2)12-3-5-13(17)6-4-12)15(14)22-16(20-10)18-9-19-22;1-11-14-8-9-20(12(2)13-6-4-3-5-7-13)15(14)21-16(19-11)17-10-18-21/h3-4,7-8,10H,5-6H2,1-2H3;3-6,9,11H,7-8H2,1-2H3;3-7,10,12H,8-9H2,1-2H3/t10-;11-;12-/m000/s1. The van der Waals surface area contributed by atoms with Crippen LogP contribution in [0.25, 0.3) is 17.3 Å². The lowest BCUT2D eigenvalue weighted by Crippen LogP contribution is -2.26. The van der Waals surface area contributed by atoms with Crippen molar-refractivity contribution in [3.63, 3.8) is 0 Å². The largest absolute Gasteiger partial charge is 0.349 e. The average Bonchev–Trinajstić information content (AvgIpc) is 4.19. The van der Waals surface area contributed by atoms with Gasteiger partial charge in [0.15, 0.2) is 11.6 Å². The lowest BCUT2D eigenvalue weighted by atomic mass is 10.1. The molecule has 9 aromatic rings. The number of aromatic nitrogens is 12. The lowest BCUT2D eigenvalue weighted by molar-refractivity contribution is 0.505. The second-order valence-corrected chi connectivity index (χ2v) is 16.9. The molecule has 0 aliphatic carbocycles. The monoisotopic (exact) mass is 891 g/mol. The molecule has 3 aliphatic rings. The van der Waals surface area contributed by atoms with Crippen LogP contribution < -0.4 is 14.7 Å². The number of nitrogens with zero attached hydrogens (tertiary/aromatic N) is 15. The van der Waals surface area contributed by atoms with Crippen molar-refractivity contribution < 1.29 is 13.2 Å². The van der Waals surface area contributed by atoms with Gasteiger partial charge in [-0.25, -0.2) is 28.1 Å². The van der Waals surface area contributed by atoms with Crippen LogP contribution in [0.15, 0.2) is 91.8 Å². The van der Waals surface area contributed by atoms with Crippen molar-refractivity contribution in [3.8, 4) is 0 Å². The normalized spacial score (nSPS) is 15.3. The molecule has 0 N–H and O–H groups in total. The van der Waals surface area contributed by atoms with E-state index in [4.69, 9.17) is 0 Å². The number of anilines is 3. The van der Waals surface area contributed by atoms with Crippen molar-refractivity contribution in [2.24, 2.45) is 0 Å². The van der Waals surface area contributed by atoms with Crippen LogP contribution >= 0.6 is 0 Å². The third-order valence-corrected chi connectivity index (χ3v) is 13.2. The average molecular weight is 892 g/mol. The predicted octanol–water partition coefficient (Wildman–Crippen LogP) is 8.09. The second-order valence-electron chi connectivity index (χ2n) is 16.9. The Morgan fingerprint density at radius 1 is 0.455 bits per heavy atom. The summed E-state index contributed by atoms with van der Waals surface area (Å²) in [6.07, 6.45) is 7.38. The van der Waals surface area contributed by atoms with E-state index in [9.17, 15) is 13.2 Å². The minimum absolute atomic E-state index is 0.111. The number of aryl methyl sites for hydroxylation is 3. The molecule has 336 valence electrons. The van der Waals surface area contributed by atoms with Crippen LogP contribution in [0.4, 0.5) is 30.6 Å². The van der Waals surface area contributed by atoms with Gasteiger partial charge in [0.1, 0.15) is 42.3 Å². The van der Waals surface area contributed by atoms with Gasteiger partial charge in [-0.05, 0) is 102 Å². The van der Waals surface area contributed by atoms with Crippen LogP contribution in [0.1, 0.15) is 89.4 Å². The van der Waals surface area contributed by atoms with Gasteiger partial charge >= 0.3 is 0 Å². The molecule has 0 saturated heterocycles. The lowest BCUT2D eigenvalue weighted by Gasteiger charge is -2.27. The fourth-order valence-electron chi connectivity index (χ4n) is 9.60. The zero-order valence-corrected chi connectivity index (χ0v) is 37.5. The van der Waals surface area contributed by atoms with Crippen LogP contribution in [0.3, 0.4) is 0 Å². The van der Waals surface area contributed by atoms with Crippen molar-refractivity contribution in [1.29, 1.82) is 0 Å². The summed E-state index contributed by atoms with van der Waals surface area (Å²) in [6.45, 7) is 15.0. The molecule has 0 amide bonds. The van der Waals surface area contributed by atoms with Crippen molar-refractivity contribution in [2.45, 2.75) is 78.9 Å². The first-order valence-corrected chi connectivity index (χ1v) is 22.1. The third-order valence-electron chi connectivity index (χ3n) is 13.2. The highest BCUT2D eigenvalue weighted by Gasteiger charge is 2.33. The van der Waals surface area contributed by atoms with Crippen molar-refractivity contribution >= 4 is 34.8 Å². The van der Waals surface area contributed by atoms with Gasteiger partial charge in [-0.15, -0.1) is 0 Å². The number of halogens is 3. The minimum Gasteiger partial charge on any atom is -0.349 e. The minimum atomic E-state index is -0.832. The second kappa shape index (κ2) is 17.1. The molecular formula is C48H48F3N15. The van der Waals surface area contributed by atoms with E-state index in [0.717, 1.165) is 90.1 Å². The summed E-state index contributed by atoms with van der Waals surface area (Å²) in [5.74, 6) is 3.10. The fourth-order valence-corrected chi connectivity index (χ4v) is 9.60. The topological polar surface area (TPSA) is 139 Å². The molecule has 3 aromatic carbocycles. The maximum absolute atomic E-state index is 13.6. The maximum Gasteiger partial charge on any atom is 0.254 e. The zero-order valence-electron chi connectivity index (χ0n) is 37.5. The third kappa shape index (κ3) is 7.48. The van der Waals surface area contributed by atoms with Crippen LogP contribution in [0, 0.1) is 38.2 Å². The molecule has 66 heavy (non-hydrogen) atoms. The van der Waals surface area contributed by atoms with E-state index in [-0.39, 0.29) is 17.9 Å². The highest BCUT2D eigenvalue weighted by atomic mass is 19.2. The molecule has 0 radical (unpaired) electrons. The van der Waals surface area contributed by atoms with Gasteiger partial charge in [-0.1, -0.05) is 48.5 Å². The Bertz CT molecular complexity index is 3220. The van der Waals surface area contributed by atoms with Crippen molar-refractivity contribution in [3.05, 3.63) is 160 Å². The summed E-state index contributed by atoms with van der Waals surface area (Å²) in [7, 11) is 0. The van der Waals surface area contributed by atoms with E-state index < -0.39 is 11.6 Å². The molecule has 6 aromatic heterocycles. The Kier molecular flexibility index (Phi) is 11.0. The number of hydrogen-bond acceptors (Lipinski definition) is 12. The Morgan fingerprint density at radius 2 is 0.833 bits per heavy atom. The van der Waals surface area contributed by atoms with Gasteiger partial charge in [0.05, 0.1) is 18.1 Å². The summed E-state index contributed by atoms with van der Waals surface area (Å²) in [4.78, 5) is 32.9. The summed E-state index contributed by atoms with van der Waals surface area (Å²) < 4.78 is 45.3. The molecule has 0 spiro atoms. The number of rotatable bonds is 6. The number of fused-ring (bicyclic) bond motifs is 9. The quantitative estimate of drug-likeness (QED) is 0.160. The molecule has 3 atom stereocenters. The summed E-state index contributed by atoms with van der Waals surface area (Å²) in [5.41, 5.74) is 9.74. The Hall–Kier alpha value is -7.50.